The van der Waals surface area contributed by atoms with Gasteiger partial charge in [-0.25, -0.2) is 4.98 Å². The first-order chi connectivity index (χ1) is 13.8. The van der Waals surface area contributed by atoms with Gasteiger partial charge in [0.05, 0.1) is 5.71 Å². The van der Waals surface area contributed by atoms with Gasteiger partial charge in [-0.2, -0.15) is 5.10 Å². The van der Waals surface area contributed by atoms with Gasteiger partial charge >= 0.3 is 0 Å². The maximum Gasteiger partial charge on any atom is 0.273 e. The molecule has 0 atom stereocenters. The lowest BCUT2D eigenvalue weighted by molar-refractivity contribution is 0.102. The fourth-order valence-corrected chi connectivity index (χ4v) is 2.94. The number of nitrogens with one attached hydrogen (secondary N) is 2. The Morgan fingerprint density at radius 1 is 1.17 bits per heavy atom. The Kier molecular flexibility index (Phi) is 5.92. The molecule has 0 bridgehead atoms. The van der Waals surface area contributed by atoms with Gasteiger partial charge in [-0.15, -0.1) is 5.10 Å². The maximum atomic E-state index is 12.6. The summed E-state index contributed by atoms with van der Waals surface area (Å²) in [6.07, 6.45) is 2.38. The molecule has 1 aromatic carbocycles. The number of nitrogens with zero attached hydrogens (tertiary/aromatic N) is 3. The van der Waals surface area contributed by atoms with Crippen LogP contribution in [0.15, 0.2) is 52.8 Å². The van der Waals surface area contributed by atoms with Crippen molar-refractivity contribution in [3.63, 3.8) is 0 Å². The zero-order chi connectivity index (χ0) is 21.0. The van der Waals surface area contributed by atoms with Crippen LogP contribution in [0.2, 0.25) is 0 Å². The number of nitrogens with two attached hydrogens (primary N) is 2. The van der Waals surface area contributed by atoms with Crippen molar-refractivity contribution < 1.29 is 4.79 Å². The third-order valence-electron chi connectivity index (χ3n) is 4.25. The highest BCUT2D eigenvalue weighted by molar-refractivity contribution is 6.07. The summed E-state index contributed by atoms with van der Waals surface area (Å²) in [6.45, 7) is 6.14. The van der Waals surface area contributed by atoms with Gasteiger partial charge < -0.3 is 21.8 Å². The first-order valence-electron chi connectivity index (χ1n) is 9.34. The summed E-state index contributed by atoms with van der Waals surface area (Å²) in [5.41, 5.74) is 14.8. The van der Waals surface area contributed by atoms with E-state index in [1.54, 1.807) is 12.3 Å². The number of pyridine rings is 1. The van der Waals surface area contributed by atoms with Crippen molar-refractivity contribution in [2.75, 3.05) is 5.32 Å². The molecule has 0 aliphatic rings. The van der Waals surface area contributed by atoms with Crippen molar-refractivity contribution >= 4 is 34.3 Å². The van der Waals surface area contributed by atoms with Gasteiger partial charge in [0.25, 0.3) is 5.91 Å². The van der Waals surface area contributed by atoms with Crippen molar-refractivity contribution in [3.8, 4) is 0 Å². The first-order valence-corrected chi connectivity index (χ1v) is 9.34. The summed E-state index contributed by atoms with van der Waals surface area (Å²) in [6, 6.07) is 11.3. The number of benzene rings is 1. The number of carbonyl (C=O) groups excluding carboxylic acids is 1. The second-order valence-electron chi connectivity index (χ2n) is 7.33. The standard InChI is InChI=1S/C21H25N7O/c1-12(2)8-17(27-28-21(22)23)15-5-4-14-11-18(25-16(14)10-15)20(29)26-19-9-13(3)6-7-24-19/h4-7,9-12,25H,8H2,1-3H3,(H4,22,23,28)(H,24,26,29)/b27-17+. The Morgan fingerprint density at radius 2 is 1.97 bits per heavy atom. The summed E-state index contributed by atoms with van der Waals surface area (Å²) in [4.78, 5) is 19.9. The van der Waals surface area contributed by atoms with Crippen LogP contribution in [0.3, 0.4) is 0 Å². The number of carbonyl (C=O) groups is 1. The number of hydrogen-bond donors (Lipinski definition) is 4. The molecule has 0 fully saturated rings. The fraction of sp³-hybridized carbons (Fsp3) is 0.238. The van der Waals surface area contributed by atoms with E-state index in [9.17, 15) is 4.79 Å². The largest absolute Gasteiger partial charge is 0.369 e. The molecule has 0 unspecified atom stereocenters. The summed E-state index contributed by atoms with van der Waals surface area (Å²) >= 11 is 0. The van der Waals surface area contributed by atoms with Gasteiger partial charge in [-0.1, -0.05) is 26.0 Å². The normalized spacial score (nSPS) is 11.7. The number of aryl methyl sites for hydroxylation is 1. The van der Waals surface area contributed by atoms with E-state index in [1.165, 1.54) is 0 Å². The number of anilines is 1. The molecule has 150 valence electrons. The number of guanidine groups is 1. The van der Waals surface area contributed by atoms with Gasteiger partial charge in [0, 0.05) is 17.1 Å². The van der Waals surface area contributed by atoms with Crippen LogP contribution in [0.4, 0.5) is 5.82 Å². The van der Waals surface area contributed by atoms with Crippen LogP contribution in [0, 0.1) is 12.8 Å². The molecular formula is C21H25N7O. The Hall–Kier alpha value is -3.68. The van der Waals surface area contributed by atoms with E-state index >= 15 is 0 Å². The fourth-order valence-electron chi connectivity index (χ4n) is 2.94. The molecular weight excluding hydrogens is 366 g/mol. The second-order valence-corrected chi connectivity index (χ2v) is 7.33. The van der Waals surface area contributed by atoms with E-state index in [0.717, 1.165) is 34.2 Å². The van der Waals surface area contributed by atoms with Gasteiger partial charge in [-0.05, 0) is 54.7 Å². The highest BCUT2D eigenvalue weighted by Crippen LogP contribution is 2.20. The number of rotatable bonds is 6. The topological polar surface area (TPSA) is 135 Å². The van der Waals surface area contributed by atoms with Crippen LogP contribution in [-0.2, 0) is 0 Å². The van der Waals surface area contributed by atoms with Crippen LogP contribution in [0.1, 0.15) is 41.9 Å². The quantitative estimate of drug-likeness (QED) is 0.292. The average molecular weight is 391 g/mol. The lowest BCUT2D eigenvalue weighted by atomic mass is 9.99. The van der Waals surface area contributed by atoms with Crippen molar-refractivity contribution in [2.45, 2.75) is 27.2 Å². The van der Waals surface area contributed by atoms with Crippen molar-refractivity contribution in [1.82, 2.24) is 9.97 Å². The van der Waals surface area contributed by atoms with E-state index in [0.29, 0.717) is 17.4 Å². The average Bonchev–Trinajstić information content (AvgIpc) is 3.08. The smallest absolute Gasteiger partial charge is 0.273 e. The number of fused-ring (bicyclic) bond motifs is 1. The third kappa shape index (κ3) is 5.19. The zero-order valence-corrected chi connectivity index (χ0v) is 16.7. The number of aromatic nitrogens is 2. The molecule has 2 heterocycles. The Bertz CT molecular complexity index is 1090. The molecule has 6 N–H and O–H groups in total. The number of aromatic amines is 1. The molecule has 3 rings (SSSR count). The lowest BCUT2D eigenvalue weighted by Gasteiger charge is -2.08. The SMILES string of the molecule is Cc1ccnc(NC(=O)c2cc3ccc(/C(CC(C)C)=N/N=C(N)N)cc3[nH]2)c1. The predicted octanol–water partition coefficient (Wildman–Crippen LogP) is 3.15. The molecule has 0 saturated heterocycles. The number of hydrogen-bond acceptors (Lipinski definition) is 4. The van der Waals surface area contributed by atoms with E-state index in [-0.39, 0.29) is 11.9 Å². The molecule has 2 aromatic heterocycles. The van der Waals surface area contributed by atoms with Crippen LogP contribution in [0.5, 0.6) is 0 Å². The van der Waals surface area contributed by atoms with Crippen LogP contribution >= 0.6 is 0 Å². The Morgan fingerprint density at radius 3 is 2.66 bits per heavy atom. The Balaban J connectivity index is 1.89. The zero-order valence-electron chi connectivity index (χ0n) is 16.7. The summed E-state index contributed by atoms with van der Waals surface area (Å²) in [5.74, 6) is 0.553. The third-order valence-corrected chi connectivity index (χ3v) is 4.25. The number of amides is 1. The van der Waals surface area contributed by atoms with E-state index in [4.69, 9.17) is 11.5 Å². The molecule has 3 aromatic rings. The van der Waals surface area contributed by atoms with E-state index in [1.807, 2.05) is 37.3 Å². The molecule has 0 spiro atoms. The highest BCUT2D eigenvalue weighted by atomic mass is 16.1. The van der Waals surface area contributed by atoms with Crippen molar-refractivity contribution in [2.24, 2.45) is 27.6 Å². The van der Waals surface area contributed by atoms with E-state index in [2.05, 4.69) is 39.3 Å². The summed E-state index contributed by atoms with van der Waals surface area (Å²) in [5, 5.41) is 11.7. The van der Waals surface area contributed by atoms with Crippen molar-refractivity contribution in [1.29, 1.82) is 0 Å². The molecule has 29 heavy (non-hydrogen) atoms. The molecule has 8 heteroatoms. The minimum Gasteiger partial charge on any atom is -0.369 e. The highest BCUT2D eigenvalue weighted by Gasteiger charge is 2.13. The second kappa shape index (κ2) is 8.55. The van der Waals surface area contributed by atoms with Gasteiger partial charge in [0.2, 0.25) is 5.96 Å². The Labute approximate surface area is 169 Å². The van der Waals surface area contributed by atoms with Crippen molar-refractivity contribution in [3.05, 3.63) is 59.4 Å². The van der Waals surface area contributed by atoms with Crippen LogP contribution in [-0.4, -0.2) is 27.5 Å². The monoisotopic (exact) mass is 391 g/mol. The minimum absolute atomic E-state index is 0.0871. The van der Waals surface area contributed by atoms with Crippen LogP contribution in [0.25, 0.3) is 10.9 Å². The predicted molar refractivity (Wildman–Crippen MR) is 117 cm³/mol. The van der Waals surface area contributed by atoms with Gasteiger partial charge in [0.1, 0.15) is 11.5 Å². The molecule has 1 amide bonds. The summed E-state index contributed by atoms with van der Waals surface area (Å²) in [7, 11) is 0. The molecule has 0 radical (unpaired) electrons. The number of H-pyrrole nitrogens is 1. The lowest BCUT2D eigenvalue weighted by Crippen LogP contribution is -2.22. The van der Waals surface area contributed by atoms with Gasteiger partial charge in [-0.3, -0.25) is 4.79 Å². The van der Waals surface area contributed by atoms with Gasteiger partial charge in [0.15, 0.2) is 0 Å². The molecule has 8 nitrogen and oxygen atoms in total. The van der Waals surface area contributed by atoms with Crippen LogP contribution < -0.4 is 16.8 Å². The maximum absolute atomic E-state index is 12.6. The molecule has 0 aliphatic carbocycles. The first kappa shape index (κ1) is 20.1. The molecule has 0 saturated carbocycles. The summed E-state index contributed by atoms with van der Waals surface area (Å²) < 4.78 is 0. The molecule has 0 aliphatic heterocycles. The minimum atomic E-state index is -0.252. The van der Waals surface area contributed by atoms with E-state index < -0.39 is 0 Å².